The second-order valence-electron chi connectivity index (χ2n) is 7.22. The summed E-state index contributed by atoms with van der Waals surface area (Å²) in [6.07, 6.45) is 3.93. The summed E-state index contributed by atoms with van der Waals surface area (Å²) in [7, 11) is 0. The summed E-state index contributed by atoms with van der Waals surface area (Å²) in [5.41, 5.74) is 11.3. The van der Waals surface area contributed by atoms with E-state index in [4.69, 9.17) is 10.5 Å². The first-order chi connectivity index (χ1) is 14.6. The van der Waals surface area contributed by atoms with Gasteiger partial charge in [-0.1, -0.05) is 66.7 Å². The number of hydrogen-bond acceptors (Lipinski definition) is 3. The largest absolute Gasteiger partial charge is 0.449 e. The van der Waals surface area contributed by atoms with Crippen molar-refractivity contribution in [1.82, 2.24) is 5.32 Å². The Hall–Kier alpha value is -3.60. The molecule has 0 unspecified atom stereocenters. The second kappa shape index (κ2) is 8.82. The van der Waals surface area contributed by atoms with Crippen molar-refractivity contribution in [2.24, 2.45) is 0 Å². The van der Waals surface area contributed by atoms with Crippen LogP contribution in [-0.4, -0.2) is 19.2 Å². The normalized spacial score (nSPS) is 12.6. The molecule has 3 aromatic rings. The van der Waals surface area contributed by atoms with Crippen LogP contribution in [0.5, 0.6) is 0 Å². The molecule has 0 bridgehead atoms. The van der Waals surface area contributed by atoms with E-state index >= 15 is 0 Å². The molecule has 3 aromatic carbocycles. The molecule has 0 spiro atoms. The number of hydrogen-bond donors (Lipinski definition) is 2. The highest BCUT2D eigenvalue weighted by Crippen LogP contribution is 2.44. The minimum Gasteiger partial charge on any atom is -0.449 e. The number of fused-ring (bicyclic) bond motifs is 3. The predicted octanol–water partition coefficient (Wildman–Crippen LogP) is 5.35. The maximum Gasteiger partial charge on any atom is 0.407 e. The highest BCUT2D eigenvalue weighted by atomic mass is 19.1. The lowest BCUT2D eigenvalue weighted by atomic mass is 9.98. The van der Waals surface area contributed by atoms with Gasteiger partial charge in [-0.3, -0.25) is 0 Å². The van der Waals surface area contributed by atoms with E-state index in [0.717, 1.165) is 5.56 Å². The van der Waals surface area contributed by atoms with Gasteiger partial charge in [-0.15, -0.1) is 0 Å². The van der Waals surface area contributed by atoms with E-state index in [-0.39, 0.29) is 11.6 Å². The summed E-state index contributed by atoms with van der Waals surface area (Å²) in [5.74, 6) is -0.379. The molecule has 0 heterocycles. The van der Waals surface area contributed by atoms with Gasteiger partial charge >= 0.3 is 6.09 Å². The third-order valence-electron chi connectivity index (χ3n) is 5.25. The lowest BCUT2D eigenvalue weighted by molar-refractivity contribution is 0.143. The number of carbonyl (C=O) groups is 1. The Labute approximate surface area is 175 Å². The van der Waals surface area contributed by atoms with Gasteiger partial charge in [-0.2, -0.15) is 0 Å². The van der Waals surface area contributed by atoms with Crippen molar-refractivity contribution in [2.45, 2.75) is 12.3 Å². The molecule has 4 nitrogen and oxygen atoms in total. The maximum absolute atomic E-state index is 13.2. The number of nitrogens with two attached hydrogens (primary N) is 1. The van der Waals surface area contributed by atoms with Gasteiger partial charge in [-0.25, -0.2) is 9.18 Å². The highest BCUT2D eigenvalue weighted by Gasteiger charge is 2.28. The SMILES string of the molecule is Nc1cc(C=CCCNC(=O)OCC2c3ccccc3-c3ccccc32)ccc1F. The third kappa shape index (κ3) is 4.20. The topological polar surface area (TPSA) is 64.3 Å². The smallest absolute Gasteiger partial charge is 0.407 e. The quantitative estimate of drug-likeness (QED) is 0.431. The van der Waals surface area contributed by atoms with E-state index in [1.165, 1.54) is 28.3 Å². The number of rotatable bonds is 6. The molecule has 0 saturated carbocycles. The molecule has 0 fully saturated rings. The molecule has 152 valence electrons. The molecule has 1 aliphatic rings. The van der Waals surface area contributed by atoms with Crippen LogP contribution in [0.25, 0.3) is 17.2 Å². The van der Waals surface area contributed by atoms with Gasteiger partial charge in [-0.05, 0) is 46.4 Å². The molecule has 4 rings (SSSR count). The van der Waals surface area contributed by atoms with E-state index < -0.39 is 11.9 Å². The van der Waals surface area contributed by atoms with E-state index in [1.807, 2.05) is 36.4 Å². The maximum atomic E-state index is 13.2. The zero-order valence-corrected chi connectivity index (χ0v) is 16.5. The summed E-state index contributed by atoms with van der Waals surface area (Å²) < 4.78 is 18.7. The fraction of sp³-hybridized carbons (Fsp3) is 0.160. The average molecular weight is 402 g/mol. The van der Waals surface area contributed by atoms with Crippen LogP contribution >= 0.6 is 0 Å². The Morgan fingerprint density at radius 3 is 2.37 bits per heavy atom. The number of carbonyl (C=O) groups excluding carboxylic acids is 1. The van der Waals surface area contributed by atoms with Gasteiger partial charge in [0, 0.05) is 12.5 Å². The minimum absolute atomic E-state index is 0.0481. The van der Waals surface area contributed by atoms with Crippen molar-refractivity contribution in [3.8, 4) is 11.1 Å². The van der Waals surface area contributed by atoms with Gasteiger partial charge in [0.15, 0.2) is 0 Å². The Bertz CT molecular complexity index is 1050. The van der Waals surface area contributed by atoms with Gasteiger partial charge < -0.3 is 15.8 Å². The standard InChI is InChI=1S/C25H23FN2O2/c26-23-13-12-17(15-24(23)27)7-5-6-14-28-25(29)30-16-22-20-10-3-1-8-18(20)19-9-2-4-11-21(19)22/h1-5,7-13,15,22H,6,14,16,27H2,(H,28,29). The van der Waals surface area contributed by atoms with Gasteiger partial charge in [0.05, 0.1) is 5.69 Å². The molecular formula is C25H23FN2O2. The van der Waals surface area contributed by atoms with Crippen LogP contribution in [-0.2, 0) is 4.74 Å². The first-order valence-electron chi connectivity index (χ1n) is 9.94. The summed E-state index contributed by atoms with van der Waals surface area (Å²) in [4.78, 5) is 12.1. The van der Waals surface area contributed by atoms with Gasteiger partial charge in [0.25, 0.3) is 0 Å². The first-order valence-corrected chi connectivity index (χ1v) is 9.94. The summed E-state index contributed by atoms with van der Waals surface area (Å²) in [6, 6.07) is 21.0. The zero-order valence-electron chi connectivity index (χ0n) is 16.5. The van der Waals surface area contributed by atoms with E-state index in [0.29, 0.717) is 19.6 Å². The lowest BCUT2D eigenvalue weighted by Crippen LogP contribution is -2.26. The minimum atomic E-state index is -0.434. The van der Waals surface area contributed by atoms with Crippen LogP contribution in [0.15, 0.2) is 72.8 Å². The number of alkyl carbamates (subject to hydrolysis) is 1. The average Bonchev–Trinajstić information content (AvgIpc) is 3.08. The third-order valence-corrected chi connectivity index (χ3v) is 5.25. The Kier molecular flexibility index (Phi) is 5.80. The Balaban J connectivity index is 1.27. The number of nitrogens with one attached hydrogen (secondary N) is 1. The number of ether oxygens (including phenoxy) is 1. The first kappa shape index (κ1) is 19.7. The Morgan fingerprint density at radius 1 is 1.03 bits per heavy atom. The van der Waals surface area contributed by atoms with E-state index in [2.05, 4.69) is 29.6 Å². The van der Waals surface area contributed by atoms with Crippen molar-refractivity contribution in [3.05, 3.63) is 95.3 Å². The molecule has 1 amide bonds. The molecule has 0 saturated heterocycles. The predicted molar refractivity (Wildman–Crippen MR) is 118 cm³/mol. The van der Waals surface area contributed by atoms with Crippen molar-refractivity contribution < 1.29 is 13.9 Å². The molecular weight excluding hydrogens is 379 g/mol. The molecule has 0 radical (unpaired) electrons. The van der Waals surface area contributed by atoms with Crippen molar-refractivity contribution in [3.63, 3.8) is 0 Å². The molecule has 3 N–H and O–H groups in total. The highest BCUT2D eigenvalue weighted by molar-refractivity contribution is 5.79. The van der Waals surface area contributed by atoms with E-state index in [9.17, 15) is 9.18 Å². The summed E-state index contributed by atoms with van der Waals surface area (Å²) in [6.45, 7) is 0.744. The van der Waals surface area contributed by atoms with Crippen LogP contribution in [0, 0.1) is 5.82 Å². The van der Waals surface area contributed by atoms with Crippen LogP contribution in [0.1, 0.15) is 29.0 Å². The molecule has 0 aromatic heterocycles. The van der Waals surface area contributed by atoms with Crippen molar-refractivity contribution >= 4 is 17.9 Å². The summed E-state index contributed by atoms with van der Waals surface area (Å²) >= 11 is 0. The van der Waals surface area contributed by atoms with Gasteiger partial charge in [0.1, 0.15) is 12.4 Å². The molecule has 5 heteroatoms. The zero-order chi connectivity index (χ0) is 20.9. The lowest BCUT2D eigenvalue weighted by Gasteiger charge is -2.14. The van der Waals surface area contributed by atoms with Crippen LogP contribution in [0.3, 0.4) is 0 Å². The molecule has 30 heavy (non-hydrogen) atoms. The fourth-order valence-corrected chi connectivity index (χ4v) is 3.79. The number of anilines is 1. The van der Waals surface area contributed by atoms with Crippen LogP contribution < -0.4 is 11.1 Å². The van der Waals surface area contributed by atoms with Crippen molar-refractivity contribution in [2.75, 3.05) is 18.9 Å². The van der Waals surface area contributed by atoms with Crippen LogP contribution in [0.2, 0.25) is 0 Å². The monoisotopic (exact) mass is 402 g/mol. The van der Waals surface area contributed by atoms with Crippen molar-refractivity contribution in [1.29, 1.82) is 0 Å². The van der Waals surface area contributed by atoms with Gasteiger partial charge in [0.2, 0.25) is 0 Å². The number of amides is 1. The van der Waals surface area contributed by atoms with Crippen LogP contribution in [0.4, 0.5) is 14.9 Å². The van der Waals surface area contributed by atoms with E-state index in [1.54, 1.807) is 12.1 Å². The molecule has 0 atom stereocenters. The number of nitrogen functional groups attached to an aromatic ring is 1. The molecule has 0 aliphatic heterocycles. The Morgan fingerprint density at radius 2 is 1.70 bits per heavy atom. The fourth-order valence-electron chi connectivity index (χ4n) is 3.79. The second-order valence-corrected chi connectivity index (χ2v) is 7.22. The summed E-state index contributed by atoms with van der Waals surface area (Å²) in [5, 5.41) is 2.76. The molecule has 1 aliphatic carbocycles. The number of halogens is 1. The number of benzene rings is 3.